The highest BCUT2D eigenvalue weighted by atomic mass is 32.2. The number of allylic oxidation sites excluding steroid dienone is 2. The number of primary amides is 1. The Kier molecular flexibility index (Phi) is 6.71. The van der Waals surface area contributed by atoms with Gasteiger partial charge < -0.3 is 26.0 Å². The molecule has 1 saturated carbocycles. The zero-order valence-electron chi connectivity index (χ0n) is 12.6. The summed E-state index contributed by atoms with van der Waals surface area (Å²) in [6.07, 6.45) is 4.42. The summed E-state index contributed by atoms with van der Waals surface area (Å²) in [6.45, 7) is 0.156. The van der Waals surface area contributed by atoms with Crippen molar-refractivity contribution in [2.45, 2.75) is 24.7 Å². The standard InChI is InChI=1S/C12H18N2O4.CH4O3S/c13-12(18)7-2-1-3-14(5-7)9-4-8(6-15)10(16)11(9)17;1-5(2,3)4/h1-3,8-11,15-17H,4-6H2,(H2,13,18);1H3,(H,2,3,4). The molecule has 6 N–H and O–H groups in total. The number of hydrogen-bond acceptors (Lipinski definition) is 7. The first-order chi connectivity index (χ1) is 10.5. The maximum Gasteiger partial charge on any atom is 0.261 e. The third-order valence-electron chi connectivity index (χ3n) is 3.68. The smallest absolute Gasteiger partial charge is 0.261 e. The van der Waals surface area contributed by atoms with Gasteiger partial charge in [0.25, 0.3) is 10.1 Å². The lowest BCUT2D eigenvalue weighted by Crippen LogP contribution is -2.43. The van der Waals surface area contributed by atoms with E-state index in [4.69, 9.17) is 15.4 Å². The van der Waals surface area contributed by atoms with Crippen LogP contribution in [-0.2, 0) is 14.9 Å². The predicted octanol–water partition coefficient (Wildman–Crippen LogP) is -2.17. The van der Waals surface area contributed by atoms with Crippen molar-refractivity contribution in [1.29, 1.82) is 0 Å². The lowest BCUT2D eigenvalue weighted by molar-refractivity contribution is -0.114. The topological polar surface area (TPSA) is 161 Å². The van der Waals surface area contributed by atoms with Gasteiger partial charge >= 0.3 is 0 Å². The monoisotopic (exact) mass is 350 g/mol. The molecule has 0 spiro atoms. The minimum Gasteiger partial charge on any atom is -0.396 e. The zero-order chi connectivity index (χ0) is 17.8. The fourth-order valence-corrected chi connectivity index (χ4v) is 2.57. The Morgan fingerprint density at radius 3 is 2.39 bits per heavy atom. The minimum atomic E-state index is -3.67. The van der Waals surface area contributed by atoms with Gasteiger partial charge in [0.1, 0.15) is 6.10 Å². The molecule has 132 valence electrons. The molecule has 0 aromatic heterocycles. The van der Waals surface area contributed by atoms with E-state index in [1.807, 2.05) is 0 Å². The second kappa shape index (κ2) is 7.88. The fourth-order valence-electron chi connectivity index (χ4n) is 2.57. The normalized spacial score (nSPS) is 30.5. The molecule has 0 radical (unpaired) electrons. The van der Waals surface area contributed by atoms with Crippen LogP contribution in [-0.4, -0.2) is 76.8 Å². The van der Waals surface area contributed by atoms with Crippen molar-refractivity contribution in [2.75, 3.05) is 19.4 Å². The van der Waals surface area contributed by atoms with Gasteiger partial charge in [-0.25, -0.2) is 0 Å². The molecule has 2 rings (SSSR count). The summed E-state index contributed by atoms with van der Waals surface area (Å²) in [7, 11) is -3.67. The van der Waals surface area contributed by atoms with Gasteiger partial charge in [-0.15, -0.1) is 0 Å². The molecule has 1 fully saturated rings. The quantitative estimate of drug-likeness (QED) is 0.359. The van der Waals surface area contributed by atoms with Crippen molar-refractivity contribution in [2.24, 2.45) is 11.7 Å². The number of aliphatic hydroxyl groups is 3. The number of carbonyl (C=O) groups is 1. The molecule has 1 heterocycles. The van der Waals surface area contributed by atoms with E-state index in [9.17, 15) is 23.4 Å². The van der Waals surface area contributed by atoms with Crippen molar-refractivity contribution in [3.05, 3.63) is 23.9 Å². The molecule has 4 unspecified atom stereocenters. The fraction of sp³-hybridized carbons (Fsp3) is 0.615. The SMILES string of the molecule is CS(=O)(=O)O.NC(=O)C1=CC=CN(C2CC(CO)C(O)C2O)C1. The molecule has 0 aromatic rings. The van der Waals surface area contributed by atoms with E-state index in [-0.39, 0.29) is 18.6 Å². The van der Waals surface area contributed by atoms with Gasteiger partial charge in [0.2, 0.25) is 5.91 Å². The second-order valence-corrected chi connectivity index (χ2v) is 7.00. The number of rotatable bonds is 3. The molecule has 4 atom stereocenters. The lowest BCUT2D eigenvalue weighted by Gasteiger charge is -2.32. The molecule has 0 aromatic carbocycles. The zero-order valence-corrected chi connectivity index (χ0v) is 13.4. The van der Waals surface area contributed by atoms with Crippen LogP contribution in [0, 0.1) is 5.92 Å². The molecule has 0 saturated heterocycles. The molecule has 23 heavy (non-hydrogen) atoms. The third-order valence-corrected chi connectivity index (χ3v) is 3.68. The van der Waals surface area contributed by atoms with Gasteiger partial charge in [-0.3, -0.25) is 9.35 Å². The van der Waals surface area contributed by atoms with Crippen LogP contribution in [0.5, 0.6) is 0 Å². The van der Waals surface area contributed by atoms with Gasteiger partial charge in [0.05, 0.1) is 18.4 Å². The first-order valence-electron chi connectivity index (χ1n) is 6.87. The number of nitrogens with two attached hydrogens (primary N) is 1. The van der Waals surface area contributed by atoms with Crippen LogP contribution in [0.1, 0.15) is 6.42 Å². The summed E-state index contributed by atoms with van der Waals surface area (Å²) in [6, 6.07) is -0.309. The molecule has 1 aliphatic carbocycles. The van der Waals surface area contributed by atoms with Crippen LogP contribution in [0.3, 0.4) is 0 Å². The minimum absolute atomic E-state index is 0.162. The van der Waals surface area contributed by atoms with Crippen molar-refractivity contribution >= 4 is 16.0 Å². The average molecular weight is 350 g/mol. The number of carbonyl (C=O) groups excluding carboxylic acids is 1. The average Bonchev–Trinajstić information content (AvgIpc) is 2.73. The molecule has 0 bridgehead atoms. The maximum absolute atomic E-state index is 11.1. The van der Waals surface area contributed by atoms with Crippen molar-refractivity contribution in [3.63, 3.8) is 0 Å². The predicted molar refractivity (Wildman–Crippen MR) is 81.6 cm³/mol. The van der Waals surface area contributed by atoms with Crippen LogP contribution in [0.15, 0.2) is 23.9 Å². The number of nitrogens with zero attached hydrogens (tertiary/aromatic N) is 1. The van der Waals surface area contributed by atoms with Crippen LogP contribution in [0.4, 0.5) is 0 Å². The second-order valence-electron chi connectivity index (χ2n) is 5.53. The van der Waals surface area contributed by atoms with Gasteiger partial charge in [0.15, 0.2) is 0 Å². The van der Waals surface area contributed by atoms with Crippen molar-refractivity contribution in [3.8, 4) is 0 Å². The molecule has 1 amide bonds. The lowest BCUT2D eigenvalue weighted by atomic mass is 10.1. The summed E-state index contributed by atoms with van der Waals surface area (Å²) in [5, 5.41) is 28.8. The number of hydrogen-bond donors (Lipinski definition) is 5. The highest BCUT2D eigenvalue weighted by molar-refractivity contribution is 7.85. The Morgan fingerprint density at radius 2 is 1.96 bits per heavy atom. The summed E-state index contributed by atoms with van der Waals surface area (Å²) in [5.74, 6) is -0.822. The van der Waals surface area contributed by atoms with Gasteiger partial charge in [-0.05, 0) is 18.7 Å². The Balaban J connectivity index is 0.000000463. The van der Waals surface area contributed by atoms with E-state index in [1.165, 1.54) is 0 Å². The molecular weight excluding hydrogens is 328 g/mol. The van der Waals surface area contributed by atoms with Gasteiger partial charge in [0, 0.05) is 24.6 Å². The first-order valence-corrected chi connectivity index (χ1v) is 8.71. The third kappa shape index (κ3) is 5.92. The molecular formula is C13H22N2O7S. The molecule has 1 aliphatic heterocycles. The van der Waals surface area contributed by atoms with E-state index in [0.717, 1.165) is 0 Å². The van der Waals surface area contributed by atoms with E-state index in [0.29, 0.717) is 24.8 Å². The highest BCUT2D eigenvalue weighted by Gasteiger charge is 2.43. The van der Waals surface area contributed by atoms with Crippen LogP contribution in [0.25, 0.3) is 0 Å². The van der Waals surface area contributed by atoms with Crippen molar-refractivity contribution in [1.82, 2.24) is 4.90 Å². The highest BCUT2D eigenvalue weighted by Crippen LogP contribution is 2.31. The van der Waals surface area contributed by atoms with E-state index in [2.05, 4.69) is 0 Å². The van der Waals surface area contributed by atoms with E-state index in [1.54, 1.807) is 23.3 Å². The Labute approximate surface area is 134 Å². The summed E-state index contributed by atoms with van der Waals surface area (Å²) < 4.78 is 25.9. The van der Waals surface area contributed by atoms with Crippen molar-refractivity contribution < 1.29 is 33.1 Å². The van der Waals surface area contributed by atoms with E-state index >= 15 is 0 Å². The Bertz CT molecular complexity index is 579. The first kappa shape index (κ1) is 19.6. The number of aliphatic hydroxyl groups excluding tert-OH is 3. The summed E-state index contributed by atoms with van der Waals surface area (Å²) >= 11 is 0. The molecule has 10 heteroatoms. The van der Waals surface area contributed by atoms with Crippen LogP contribution < -0.4 is 5.73 Å². The van der Waals surface area contributed by atoms with Crippen LogP contribution in [0.2, 0.25) is 0 Å². The van der Waals surface area contributed by atoms with E-state index < -0.39 is 28.2 Å². The molecule has 2 aliphatic rings. The largest absolute Gasteiger partial charge is 0.396 e. The summed E-state index contributed by atoms with van der Waals surface area (Å²) in [5.41, 5.74) is 5.69. The summed E-state index contributed by atoms with van der Waals surface area (Å²) in [4.78, 5) is 12.9. The Hall–Kier alpha value is -1.46. The number of amides is 1. The molecule has 9 nitrogen and oxygen atoms in total. The maximum atomic E-state index is 11.1. The Morgan fingerprint density at radius 1 is 1.39 bits per heavy atom. The van der Waals surface area contributed by atoms with Gasteiger partial charge in [-0.1, -0.05) is 6.08 Å². The van der Waals surface area contributed by atoms with Gasteiger partial charge in [-0.2, -0.15) is 8.42 Å². The van der Waals surface area contributed by atoms with Crippen LogP contribution >= 0.6 is 0 Å².